The van der Waals surface area contributed by atoms with Gasteiger partial charge >= 0.3 is 6.18 Å². The predicted octanol–water partition coefficient (Wildman–Crippen LogP) is 5.69. The van der Waals surface area contributed by atoms with Crippen LogP contribution >= 0.6 is 0 Å². The number of alkyl halides is 3. The lowest BCUT2D eigenvalue weighted by atomic mass is 10.0. The van der Waals surface area contributed by atoms with E-state index < -0.39 is 11.7 Å². The van der Waals surface area contributed by atoms with Gasteiger partial charge in [0.15, 0.2) is 11.6 Å². The Kier molecular flexibility index (Phi) is 5.39. The molecule has 3 rings (SSSR count). The number of nitrogens with two attached hydrogens (primary N) is 1. The molecule has 0 aliphatic carbocycles. The Morgan fingerprint density at radius 1 is 0.821 bits per heavy atom. The lowest BCUT2D eigenvalue weighted by Gasteiger charge is -2.14. The van der Waals surface area contributed by atoms with Gasteiger partial charge in [0.1, 0.15) is 12.0 Å². The van der Waals surface area contributed by atoms with Crippen LogP contribution in [0.4, 0.5) is 41.9 Å². The second kappa shape index (κ2) is 7.75. The van der Waals surface area contributed by atoms with E-state index in [0.717, 1.165) is 17.8 Å². The molecule has 3 aromatic rings. The normalized spacial score (nSPS) is 11.5. The highest BCUT2D eigenvalue weighted by molar-refractivity contribution is 5.80. The van der Waals surface area contributed by atoms with E-state index in [1.165, 1.54) is 24.0 Å². The van der Waals surface area contributed by atoms with E-state index in [1.54, 1.807) is 0 Å². The Labute approximate surface area is 160 Å². The summed E-state index contributed by atoms with van der Waals surface area (Å²) in [6, 6.07) is 12.5. The van der Waals surface area contributed by atoms with Crippen molar-refractivity contribution in [2.75, 3.05) is 16.4 Å². The highest BCUT2D eigenvalue weighted by Crippen LogP contribution is 2.32. The lowest BCUT2D eigenvalue weighted by molar-refractivity contribution is -0.137. The van der Waals surface area contributed by atoms with Gasteiger partial charge in [-0.1, -0.05) is 26.0 Å². The van der Waals surface area contributed by atoms with Crippen LogP contribution in [0, 0.1) is 0 Å². The molecule has 0 radical (unpaired) electrons. The summed E-state index contributed by atoms with van der Waals surface area (Å²) in [6.45, 7) is 4.23. The Hall–Kier alpha value is -3.29. The first-order valence-electron chi connectivity index (χ1n) is 8.66. The van der Waals surface area contributed by atoms with Crippen LogP contribution < -0.4 is 16.4 Å². The van der Waals surface area contributed by atoms with E-state index in [-0.39, 0.29) is 5.69 Å². The van der Waals surface area contributed by atoms with Gasteiger partial charge in [-0.15, -0.1) is 0 Å². The molecule has 0 fully saturated rings. The van der Waals surface area contributed by atoms with Crippen molar-refractivity contribution in [3.63, 3.8) is 0 Å². The molecule has 1 heterocycles. The number of rotatable bonds is 5. The average molecular weight is 387 g/mol. The zero-order chi connectivity index (χ0) is 20.3. The maximum atomic E-state index is 12.7. The van der Waals surface area contributed by atoms with Gasteiger partial charge in [-0.3, -0.25) is 0 Å². The molecule has 0 spiro atoms. The Morgan fingerprint density at radius 2 is 1.29 bits per heavy atom. The molecule has 4 N–H and O–H groups in total. The minimum Gasteiger partial charge on any atom is -0.393 e. The molecular formula is C20H20F3N5. The molecular weight excluding hydrogens is 367 g/mol. The summed E-state index contributed by atoms with van der Waals surface area (Å²) in [4.78, 5) is 8.22. The summed E-state index contributed by atoms with van der Waals surface area (Å²) in [5, 5.41) is 6.05. The fourth-order valence-electron chi connectivity index (χ4n) is 2.56. The van der Waals surface area contributed by atoms with Gasteiger partial charge in [0.25, 0.3) is 0 Å². The van der Waals surface area contributed by atoms with Gasteiger partial charge in [-0.2, -0.15) is 13.2 Å². The van der Waals surface area contributed by atoms with E-state index in [0.29, 0.717) is 23.2 Å². The van der Waals surface area contributed by atoms with Gasteiger partial charge in [0.05, 0.1) is 5.56 Å². The van der Waals surface area contributed by atoms with Crippen LogP contribution in [0.25, 0.3) is 0 Å². The van der Waals surface area contributed by atoms with E-state index in [2.05, 4.69) is 34.4 Å². The highest BCUT2D eigenvalue weighted by Gasteiger charge is 2.29. The molecule has 28 heavy (non-hydrogen) atoms. The molecule has 1 aromatic heterocycles. The van der Waals surface area contributed by atoms with Crippen LogP contribution in [0.1, 0.15) is 30.9 Å². The highest BCUT2D eigenvalue weighted by atomic mass is 19.4. The number of nitrogen functional groups attached to an aromatic ring is 1. The third kappa shape index (κ3) is 4.51. The summed E-state index contributed by atoms with van der Waals surface area (Å²) in [6.07, 6.45) is -3.05. The van der Waals surface area contributed by atoms with Crippen molar-refractivity contribution >= 4 is 28.7 Å². The van der Waals surface area contributed by atoms with Crippen molar-refractivity contribution in [1.82, 2.24) is 9.97 Å². The number of aromatic nitrogens is 2. The largest absolute Gasteiger partial charge is 0.416 e. The van der Waals surface area contributed by atoms with Crippen LogP contribution in [0.15, 0.2) is 54.9 Å². The lowest BCUT2D eigenvalue weighted by Crippen LogP contribution is -2.06. The summed E-state index contributed by atoms with van der Waals surface area (Å²) in [5.74, 6) is 1.13. The number of nitrogens with one attached hydrogen (secondary N) is 2. The first-order valence-corrected chi connectivity index (χ1v) is 8.66. The zero-order valence-corrected chi connectivity index (χ0v) is 15.4. The van der Waals surface area contributed by atoms with Crippen molar-refractivity contribution in [3.05, 3.63) is 66.0 Å². The number of hydrogen-bond acceptors (Lipinski definition) is 5. The molecule has 0 saturated heterocycles. The van der Waals surface area contributed by atoms with Crippen LogP contribution in [-0.2, 0) is 6.18 Å². The quantitative estimate of drug-likeness (QED) is 0.524. The molecule has 0 atom stereocenters. The van der Waals surface area contributed by atoms with Gasteiger partial charge in [0, 0.05) is 11.4 Å². The smallest absolute Gasteiger partial charge is 0.393 e. The third-order valence-corrected chi connectivity index (χ3v) is 4.20. The van der Waals surface area contributed by atoms with Crippen LogP contribution in [-0.4, -0.2) is 9.97 Å². The average Bonchev–Trinajstić information content (AvgIpc) is 2.65. The standard InChI is InChI=1S/C20H20F3N5/c1-12(2)13-3-7-15(8-4-13)27-18-17(24)19(26-11-25-18)28-16-9-5-14(6-10-16)20(21,22)23/h3-12H,24H2,1-2H3,(H2,25,26,27,28). The van der Waals surface area contributed by atoms with Crippen LogP contribution in [0.3, 0.4) is 0 Å². The van der Waals surface area contributed by atoms with Crippen molar-refractivity contribution in [2.24, 2.45) is 0 Å². The number of benzene rings is 2. The summed E-state index contributed by atoms with van der Waals surface area (Å²) < 4.78 is 38.0. The molecule has 0 unspecified atom stereocenters. The second-order valence-electron chi connectivity index (χ2n) is 6.59. The third-order valence-electron chi connectivity index (χ3n) is 4.20. The van der Waals surface area contributed by atoms with Crippen molar-refractivity contribution in [1.29, 1.82) is 0 Å². The number of nitrogens with zero attached hydrogens (tertiary/aromatic N) is 2. The molecule has 146 valence electrons. The molecule has 0 aliphatic heterocycles. The maximum Gasteiger partial charge on any atom is 0.416 e. The van der Waals surface area contributed by atoms with Crippen molar-refractivity contribution < 1.29 is 13.2 Å². The number of anilines is 5. The van der Waals surface area contributed by atoms with E-state index >= 15 is 0 Å². The fraction of sp³-hybridized carbons (Fsp3) is 0.200. The molecule has 8 heteroatoms. The van der Waals surface area contributed by atoms with Crippen LogP contribution in [0.2, 0.25) is 0 Å². The van der Waals surface area contributed by atoms with E-state index in [4.69, 9.17) is 5.73 Å². The van der Waals surface area contributed by atoms with Gasteiger partial charge in [0.2, 0.25) is 0 Å². The second-order valence-corrected chi connectivity index (χ2v) is 6.59. The summed E-state index contributed by atoms with van der Waals surface area (Å²) in [7, 11) is 0. The van der Waals surface area contributed by atoms with Gasteiger partial charge < -0.3 is 16.4 Å². The van der Waals surface area contributed by atoms with Crippen molar-refractivity contribution in [2.45, 2.75) is 25.9 Å². The number of hydrogen-bond donors (Lipinski definition) is 3. The molecule has 5 nitrogen and oxygen atoms in total. The summed E-state index contributed by atoms with van der Waals surface area (Å²) >= 11 is 0. The molecule has 0 amide bonds. The predicted molar refractivity (Wildman–Crippen MR) is 105 cm³/mol. The van der Waals surface area contributed by atoms with Gasteiger partial charge in [-0.05, 0) is 47.9 Å². The van der Waals surface area contributed by atoms with E-state index in [9.17, 15) is 13.2 Å². The molecule has 0 aliphatic rings. The van der Waals surface area contributed by atoms with Crippen molar-refractivity contribution in [3.8, 4) is 0 Å². The van der Waals surface area contributed by atoms with E-state index in [1.807, 2.05) is 24.3 Å². The minimum absolute atomic E-state index is 0.260. The topological polar surface area (TPSA) is 75.9 Å². The Morgan fingerprint density at radius 3 is 1.71 bits per heavy atom. The SMILES string of the molecule is CC(C)c1ccc(Nc2ncnc(Nc3ccc(C(F)(F)F)cc3)c2N)cc1. The molecule has 0 saturated carbocycles. The van der Waals surface area contributed by atoms with Gasteiger partial charge in [-0.25, -0.2) is 9.97 Å². The minimum atomic E-state index is -4.38. The maximum absolute atomic E-state index is 12.7. The Bertz CT molecular complexity index is 936. The number of halogens is 3. The van der Waals surface area contributed by atoms with Crippen LogP contribution in [0.5, 0.6) is 0 Å². The molecule has 2 aromatic carbocycles. The summed E-state index contributed by atoms with van der Waals surface area (Å²) in [5.41, 5.74) is 8.13. The monoisotopic (exact) mass is 387 g/mol. The fourth-order valence-corrected chi connectivity index (χ4v) is 2.56. The first kappa shape index (κ1) is 19.5. The Balaban J connectivity index is 1.77. The molecule has 0 bridgehead atoms. The zero-order valence-electron chi connectivity index (χ0n) is 15.4. The first-order chi connectivity index (χ1) is 13.2.